The third-order valence-corrected chi connectivity index (χ3v) is 3.96. The molecule has 3 aromatic rings. The van der Waals surface area contributed by atoms with E-state index in [0.717, 1.165) is 11.3 Å². The largest absolute Gasteiger partial charge is 0.496 e. The van der Waals surface area contributed by atoms with Crippen molar-refractivity contribution in [2.45, 2.75) is 13.8 Å². The fourth-order valence-electron chi connectivity index (χ4n) is 2.64. The quantitative estimate of drug-likeness (QED) is 0.622. The maximum absolute atomic E-state index is 5.60. The molecule has 3 rings (SSSR count). The maximum atomic E-state index is 5.60. The Morgan fingerprint density at radius 3 is 2.15 bits per heavy atom. The zero-order chi connectivity index (χ0) is 14.1. The van der Waals surface area contributed by atoms with Gasteiger partial charge >= 0.3 is 0 Å². The van der Waals surface area contributed by atoms with Crippen LogP contribution in [-0.2, 0) is 0 Å². The molecule has 0 saturated carbocycles. The summed E-state index contributed by atoms with van der Waals surface area (Å²) in [5.74, 6) is 0.928. The Bertz CT molecular complexity index is 772. The van der Waals surface area contributed by atoms with Crippen LogP contribution in [-0.4, -0.2) is 7.11 Å². The van der Waals surface area contributed by atoms with E-state index in [1.165, 1.54) is 27.5 Å². The molecule has 3 aromatic carbocycles. The Labute approximate surface area is 119 Å². The SMILES string of the molecule is COc1cc2ccccc2cc1-c1cccc(C)c1C. The Morgan fingerprint density at radius 1 is 0.750 bits per heavy atom. The molecule has 0 saturated heterocycles. The number of benzene rings is 3. The van der Waals surface area contributed by atoms with Gasteiger partial charge in [-0.25, -0.2) is 0 Å². The van der Waals surface area contributed by atoms with Gasteiger partial charge in [-0.05, 0) is 53.4 Å². The molecule has 0 spiro atoms. The minimum Gasteiger partial charge on any atom is -0.496 e. The van der Waals surface area contributed by atoms with Crippen molar-refractivity contribution in [3.8, 4) is 16.9 Å². The van der Waals surface area contributed by atoms with E-state index in [0.29, 0.717) is 0 Å². The lowest BCUT2D eigenvalue weighted by Crippen LogP contribution is -1.92. The van der Waals surface area contributed by atoms with E-state index in [4.69, 9.17) is 4.74 Å². The summed E-state index contributed by atoms with van der Waals surface area (Å²) in [7, 11) is 1.73. The van der Waals surface area contributed by atoms with Crippen LogP contribution in [0.1, 0.15) is 11.1 Å². The van der Waals surface area contributed by atoms with Gasteiger partial charge in [0.1, 0.15) is 5.75 Å². The first kappa shape index (κ1) is 12.7. The van der Waals surface area contributed by atoms with Gasteiger partial charge in [0.15, 0.2) is 0 Å². The van der Waals surface area contributed by atoms with Crippen LogP contribution in [0.25, 0.3) is 21.9 Å². The van der Waals surface area contributed by atoms with Crippen molar-refractivity contribution in [1.82, 2.24) is 0 Å². The lowest BCUT2D eigenvalue weighted by atomic mass is 9.94. The Kier molecular flexibility index (Phi) is 3.19. The molecule has 0 bridgehead atoms. The van der Waals surface area contributed by atoms with E-state index in [9.17, 15) is 0 Å². The van der Waals surface area contributed by atoms with Crippen molar-refractivity contribution < 1.29 is 4.74 Å². The highest BCUT2D eigenvalue weighted by Gasteiger charge is 2.10. The molecule has 0 aliphatic heterocycles. The van der Waals surface area contributed by atoms with Gasteiger partial charge in [0.2, 0.25) is 0 Å². The standard InChI is InChI=1S/C19H18O/c1-13-7-6-10-17(14(13)2)18-11-15-8-4-5-9-16(15)12-19(18)20-3/h4-12H,1-3H3. The molecule has 0 unspecified atom stereocenters. The summed E-state index contributed by atoms with van der Waals surface area (Å²) in [5, 5.41) is 2.45. The molecule has 0 heterocycles. The van der Waals surface area contributed by atoms with Crippen LogP contribution >= 0.6 is 0 Å². The maximum Gasteiger partial charge on any atom is 0.127 e. The van der Waals surface area contributed by atoms with Crippen LogP contribution in [0.3, 0.4) is 0 Å². The summed E-state index contributed by atoms with van der Waals surface area (Å²) >= 11 is 0. The third-order valence-electron chi connectivity index (χ3n) is 3.96. The molecule has 0 aromatic heterocycles. The van der Waals surface area contributed by atoms with Crippen molar-refractivity contribution in [1.29, 1.82) is 0 Å². The first-order valence-electron chi connectivity index (χ1n) is 6.84. The highest BCUT2D eigenvalue weighted by molar-refractivity contribution is 5.91. The zero-order valence-electron chi connectivity index (χ0n) is 12.1. The molecule has 100 valence electrons. The third kappa shape index (κ3) is 2.05. The average Bonchev–Trinajstić information content (AvgIpc) is 2.48. The van der Waals surface area contributed by atoms with Gasteiger partial charge in [-0.2, -0.15) is 0 Å². The molecule has 0 aliphatic carbocycles. The van der Waals surface area contributed by atoms with Crippen molar-refractivity contribution in [3.05, 3.63) is 65.7 Å². The molecule has 1 heteroatoms. The van der Waals surface area contributed by atoms with Crippen LogP contribution in [0.2, 0.25) is 0 Å². The average molecular weight is 262 g/mol. The number of hydrogen-bond donors (Lipinski definition) is 0. The predicted molar refractivity (Wildman–Crippen MR) is 85.4 cm³/mol. The van der Waals surface area contributed by atoms with Crippen LogP contribution in [0, 0.1) is 13.8 Å². The lowest BCUT2D eigenvalue weighted by molar-refractivity contribution is 0.417. The predicted octanol–water partition coefficient (Wildman–Crippen LogP) is 5.13. The van der Waals surface area contributed by atoms with Gasteiger partial charge in [0, 0.05) is 5.56 Å². The monoisotopic (exact) mass is 262 g/mol. The summed E-state index contributed by atoms with van der Waals surface area (Å²) in [6.07, 6.45) is 0. The van der Waals surface area contributed by atoms with Crippen molar-refractivity contribution in [2.24, 2.45) is 0 Å². The van der Waals surface area contributed by atoms with E-state index < -0.39 is 0 Å². The number of fused-ring (bicyclic) bond motifs is 1. The fourth-order valence-corrected chi connectivity index (χ4v) is 2.64. The van der Waals surface area contributed by atoms with Crippen LogP contribution in [0.4, 0.5) is 0 Å². The molecule has 0 atom stereocenters. The number of hydrogen-bond acceptors (Lipinski definition) is 1. The number of aryl methyl sites for hydroxylation is 1. The summed E-state index contributed by atoms with van der Waals surface area (Å²) in [4.78, 5) is 0. The molecule has 1 nitrogen and oxygen atoms in total. The van der Waals surface area contributed by atoms with Gasteiger partial charge in [-0.15, -0.1) is 0 Å². The van der Waals surface area contributed by atoms with Crippen molar-refractivity contribution >= 4 is 10.8 Å². The summed E-state index contributed by atoms with van der Waals surface area (Å²) in [6, 6.07) is 19.1. The lowest BCUT2D eigenvalue weighted by Gasteiger charge is -2.14. The van der Waals surface area contributed by atoms with Crippen LogP contribution < -0.4 is 4.74 Å². The van der Waals surface area contributed by atoms with E-state index in [1.54, 1.807) is 7.11 Å². The second-order valence-electron chi connectivity index (χ2n) is 5.15. The van der Waals surface area contributed by atoms with Gasteiger partial charge in [0.05, 0.1) is 7.11 Å². The number of methoxy groups -OCH3 is 1. The highest BCUT2D eigenvalue weighted by atomic mass is 16.5. The Balaban J connectivity index is 2.31. The molecule has 0 amide bonds. The molecule has 0 fully saturated rings. The van der Waals surface area contributed by atoms with E-state index in [2.05, 4.69) is 68.4 Å². The van der Waals surface area contributed by atoms with Gasteiger partial charge in [0.25, 0.3) is 0 Å². The molecule has 0 N–H and O–H groups in total. The van der Waals surface area contributed by atoms with Gasteiger partial charge < -0.3 is 4.74 Å². The first-order chi connectivity index (χ1) is 9.70. The molecule has 0 aliphatic rings. The second-order valence-corrected chi connectivity index (χ2v) is 5.15. The summed E-state index contributed by atoms with van der Waals surface area (Å²) in [5.41, 5.74) is 5.01. The van der Waals surface area contributed by atoms with Crippen LogP contribution in [0.5, 0.6) is 5.75 Å². The molecular formula is C19H18O. The van der Waals surface area contributed by atoms with E-state index in [-0.39, 0.29) is 0 Å². The molecule has 0 radical (unpaired) electrons. The minimum atomic E-state index is 0.928. The minimum absolute atomic E-state index is 0.928. The van der Waals surface area contributed by atoms with Crippen LogP contribution in [0.15, 0.2) is 54.6 Å². The number of ether oxygens (including phenoxy) is 1. The van der Waals surface area contributed by atoms with E-state index in [1.807, 2.05) is 0 Å². The fraction of sp³-hybridized carbons (Fsp3) is 0.158. The van der Waals surface area contributed by atoms with Crippen molar-refractivity contribution in [2.75, 3.05) is 7.11 Å². The van der Waals surface area contributed by atoms with Gasteiger partial charge in [-0.1, -0.05) is 42.5 Å². The topological polar surface area (TPSA) is 9.23 Å². The Hall–Kier alpha value is -2.28. The smallest absolute Gasteiger partial charge is 0.127 e. The summed E-state index contributed by atoms with van der Waals surface area (Å²) in [6.45, 7) is 4.31. The summed E-state index contributed by atoms with van der Waals surface area (Å²) < 4.78 is 5.60. The number of rotatable bonds is 2. The second kappa shape index (κ2) is 5.01. The normalized spacial score (nSPS) is 10.8. The zero-order valence-corrected chi connectivity index (χ0v) is 12.1. The molecular weight excluding hydrogens is 244 g/mol. The van der Waals surface area contributed by atoms with Crippen molar-refractivity contribution in [3.63, 3.8) is 0 Å². The Morgan fingerprint density at radius 2 is 1.45 bits per heavy atom. The van der Waals surface area contributed by atoms with E-state index >= 15 is 0 Å². The highest BCUT2D eigenvalue weighted by Crippen LogP contribution is 2.36. The van der Waals surface area contributed by atoms with Gasteiger partial charge in [-0.3, -0.25) is 0 Å². The molecule has 20 heavy (non-hydrogen) atoms. The first-order valence-corrected chi connectivity index (χ1v) is 6.84.